The summed E-state index contributed by atoms with van der Waals surface area (Å²) in [5.41, 5.74) is 8.46. The van der Waals surface area contributed by atoms with Crippen LogP contribution in [0.3, 0.4) is 0 Å². The van der Waals surface area contributed by atoms with Gasteiger partial charge in [-0.1, -0.05) is 30.3 Å². The quantitative estimate of drug-likeness (QED) is 0.337. The number of carbonyl (C=O) groups excluding carboxylic acids is 1. The summed E-state index contributed by atoms with van der Waals surface area (Å²) in [6, 6.07) is 9.99. The molecule has 0 aliphatic heterocycles. The molecule has 0 fully saturated rings. The van der Waals surface area contributed by atoms with Crippen LogP contribution in [0.4, 0.5) is 10.9 Å². The van der Waals surface area contributed by atoms with E-state index < -0.39 is 5.97 Å². The Kier molecular flexibility index (Phi) is 5.61. The lowest BCUT2D eigenvalue weighted by Gasteiger charge is -2.05. The number of aryl methyl sites for hydroxylation is 1. The molecule has 0 radical (unpaired) electrons. The maximum Gasteiger partial charge on any atom is 0.357 e. The number of nitrogen functional groups attached to an aromatic ring is 1. The van der Waals surface area contributed by atoms with Gasteiger partial charge < -0.3 is 20.4 Å². The van der Waals surface area contributed by atoms with E-state index in [1.54, 1.807) is 11.7 Å². The van der Waals surface area contributed by atoms with Crippen LogP contribution in [0.25, 0.3) is 11.2 Å². The van der Waals surface area contributed by atoms with E-state index in [9.17, 15) is 4.79 Å². The number of fused-ring (bicyclic) bond motifs is 1. The first-order valence-corrected chi connectivity index (χ1v) is 9.90. The number of aromatic nitrogens is 5. The van der Waals surface area contributed by atoms with Crippen molar-refractivity contribution in [2.45, 2.75) is 19.5 Å². The van der Waals surface area contributed by atoms with Crippen LogP contribution in [-0.4, -0.2) is 37.1 Å². The van der Waals surface area contributed by atoms with E-state index in [2.05, 4.69) is 25.3 Å². The highest BCUT2D eigenvalue weighted by Gasteiger charge is 2.13. The number of thiazole rings is 1. The highest BCUT2D eigenvalue weighted by molar-refractivity contribution is 7.13. The average molecular weight is 409 g/mol. The molecule has 4 rings (SSSR count). The molecular weight excluding hydrogens is 390 g/mol. The Morgan fingerprint density at radius 2 is 2.07 bits per heavy atom. The summed E-state index contributed by atoms with van der Waals surface area (Å²) in [6.45, 7) is 1.51. The van der Waals surface area contributed by atoms with Gasteiger partial charge in [-0.3, -0.25) is 0 Å². The Labute approximate surface area is 170 Å². The predicted molar refractivity (Wildman–Crippen MR) is 111 cm³/mol. The fraction of sp³-hybridized carbons (Fsp3) is 0.211. The number of esters is 1. The van der Waals surface area contributed by atoms with E-state index in [1.807, 2.05) is 34.9 Å². The number of rotatable bonds is 8. The third-order valence-electron chi connectivity index (χ3n) is 4.21. The molecule has 1 aromatic carbocycles. The molecule has 9 nitrogen and oxygen atoms in total. The number of hydrogen-bond donors (Lipinski definition) is 2. The number of nitrogens with zero attached hydrogens (tertiary/aromatic N) is 5. The Morgan fingerprint density at radius 1 is 1.21 bits per heavy atom. The smallest absolute Gasteiger partial charge is 0.357 e. The molecule has 0 aliphatic carbocycles. The first kappa shape index (κ1) is 18.8. The van der Waals surface area contributed by atoms with Gasteiger partial charge in [-0.05, 0) is 12.0 Å². The largest absolute Gasteiger partial charge is 0.461 e. The molecule has 10 heteroatoms. The van der Waals surface area contributed by atoms with Crippen LogP contribution in [0.15, 0.2) is 48.4 Å². The number of anilines is 2. The van der Waals surface area contributed by atoms with Crippen molar-refractivity contribution in [1.29, 1.82) is 0 Å². The molecule has 3 aromatic heterocycles. The number of nitrogens with two attached hydrogens (primary N) is 1. The predicted octanol–water partition coefficient (Wildman–Crippen LogP) is 2.72. The number of carbonyl (C=O) groups is 1. The zero-order valence-corrected chi connectivity index (χ0v) is 16.3. The summed E-state index contributed by atoms with van der Waals surface area (Å²) >= 11 is 1.38. The van der Waals surface area contributed by atoms with E-state index in [1.165, 1.54) is 17.7 Å². The third kappa shape index (κ3) is 4.49. The van der Waals surface area contributed by atoms with Crippen molar-refractivity contribution in [3.05, 3.63) is 59.6 Å². The highest BCUT2D eigenvalue weighted by atomic mass is 32.1. The van der Waals surface area contributed by atoms with Crippen molar-refractivity contribution >= 4 is 39.4 Å². The van der Waals surface area contributed by atoms with Gasteiger partial charge in [-0.15, -0.1) is 11.3 Å². The lowest BCUT2D eigenvalue weighted by Crippen LogP contribution is -2.09. The summed E-state index contributed by atoms with van der Waals surface area (Å²) in [5, 5.41) is 5.59. The van der Waals surface area contributed by atoms with Crippen LogP contribution in [0.1, 0.15) is 22.5 Å². The normalized spacial score (nSPS) is 10.9. The van der Waals surface area contributed by atoms with Crippen molar-refractivity contribution in [3.8, 4) is 0 Å². The average Bonchev–Trinajstić information content (AvgIpc) is 3.38. The van der Waals surface area contributed by atoms with Crippen molar-refractivity contribution < 1.29 is 9.53 Å². The highest BCUT2D eigenvalue weighted by Crippen LogP contribution is 2.18. The Hall–Kier alpha value is -3.53. The molecule has 0 atom stereocenters. The van der Waals surface area contributed by atoms with E-state index in [0.29, 0.717) is 47.3 Å². The summed E-state index contributed by atoms with van der Waals surface area (Å²) in [4.78, 5) is 28.8. The topological polar surface area (TPSA) is 121 Å². The fourth-order valence-electron chi connectivity index (χ4n) is 2.76. The van der Waals surface area contributed by atoms with Crippen molar-refractivity contribution in [1.82, 2.24) is 24.5 Å². The Bertz CT molecular complexity index is 1110. The molecule has 0 spiro atoms. The number of benzene rings is 1. The number of imidazole rings is 1. The van der Waals surface area contributed by atoms with Crippen molar-refractivity contribution in [2.24, 2.45) is 0 Å². The molecule has 0 amide bonds. The molecule has 0 saturated carbocycles. The Balaban J connectivity index is 1.24. The number of hydrogen-bond acceptors (Lipinski definition) is 9. The zero-order valence-electron chi connectivity index (χ0n) is 15.5. The minimum Gasteiger partial charge on any atom is -0.461 e. The van der Waals surface area contributed by atoms with Crippen molar-refractivity contribution in [3.63, 3.8) is 0 Å². The van der Waals surface area contributed by atoms with E-state index in [-0.39, 0.29) is 6.61 Å². The summed E-state index contributed by atoms with van der Waals surface area (Å²) in [5.74, 6) is -0.0866. The van der Waals surface area contributed by atoms with Gasteiger partial charge in [-0.25, -0.2) is 24.7 Å². The van der Waals surface area contributed by atoms with Gasteiger partial charge in [0, 0.05) is 18.5 Å². The standard InChI is InChI=1S/C19H19N7O2S/c20-16-15-17(23-11-22-16)26(12-24-15)7-4-8-28-18(27)14-10-29-19(25-14)21-9-13-5-2-1-3-6-13/h1-3,5-6,10-12H,4,7-9H2,(H,21,25)(H2,20,22,23). The number of nitrogens with one attached hydrogen (secondary N) is 1. The minimum absolute atomic E-state index is 0.267. The first-order chi connectivity index (χ1) is 14.2. The van der Waals surface area contributed by atoms with Crippen molar-refractivity contribution in [2.75, 3.05) is 17.7 Å². The fourth-order valence-corrected chi connectivity index (χ4v) is 3.44. The second kappa shape index (κ2) is 8.65. The first-order valence-electron chi connectivity index (χ1n) is 9.02. The Morgan fingerprint density at radius 3 is 2.93 bits per heavy atom. The molecular formula is C19H19N7O2S. The SMILES string of the molecule is Nc1ncnc2c1ncn2CCCOC(=O)c1csc(NCc2ccccc2)n1. The second-order valence-electron chi connectivity index (χ2n) is 6.24. The molecule has 4 aromatic rings. The van der Waals surface area contributed by atoms with Crippen LogP contribution in [0.2, 0.25) is 0 Å². The zero-order chi connectivity index (χ0) is 20.1. The molecule has 3 N–H and O–H groups in total. The van der Waals surface area contributed by atoms with Gasteiger partial charge in [0.05, 0.1) is 12.9 Å². The van der Waals surface area contributed by atoms with E-state index in [0.717, 1.165) is 5.56 Å². The van der Waals surface area contributed by atoms with Crippen LogP contribution >= 0.6 is 11.3 Å². The third-order valence-corrected chi connectivity index (χ3v) is 5.01. The van der Waals surface area contributed by atoms with Gasteiger partial charge in [0.1, 0.15) is 11.8 Å². The molecule has 0 saturated heterocycles. The monoisotopic (exact) mass is 409 g/mol. The minimum atomic E-state index is -0.434. The molecule has 0 unspecified atom stereocenters. The molecule has 0 aliphatic rings. The van der Waals surface area contributed by atoms with Crippen LogP contribution in [0, 0.1) is 0 Å². The molecule has 29 heavy (non-hydrogen) atoms. The van der Waals surface area contributed by atoms with Gasteiger partial charge in [0.15, 0.2) is 22.3 Å². The summed E-state index contributed by atoms with van der Waals surface area (Å²) in [7, 11) is 0. The molecule has 3 heterocycles. The van der Waals surface area contributed by atoms with E-state index >= 15 is 0 Å². The molecule has 148 valence electrons. The lowest BCUT2D eigenvalue weighted by molar-refractivity contribution is 0.0490. The summed E-state index contributed by atoms with van der Waals surface area (Å²) in [6.07, 6.45) is 3.68. The van der Waals surface area contributed by atoms with Gasteiger partial charge >= 0.3 is 5.97 Å². The second-order valence-corrected chi connectivity index (χ2v) is 7.09. The van der Waals surface area contributed by atoms with Crippen LogP contribution in [-0.2, 0) is 17.8 Å². The summed E-state index contributed by atoms with van der Waals surface area (Å²) < 4.78 is 7.18. The maximum atomic E-state index is 12.2. The number of ether oxygens (including phenoxy) is 1. The van der Waals surface area contributed by atoms with Crippen LogP contribution < -0.4 is 11.1 Å². The van der Waals surface area contributed by atoms with Gasteiger partial charge in [0.2, 0.25) is 0 Å². The van der Waals surface area contributed by atoms with E-state index in [4.69, 9.17) is 10.5 Å². The van der Waals surface area contributed by atoms with Gasteiger partial charge in [-0.2, -0.15) is 0 Å². The lowest BCUT2D eigenvalue weighted by atomic mass is 10.2. The molecule has 0 bridgehead atoms. The van der Waals surface area contributed by atoms with Gasteiger partial charge in [0.25, 0.3) is 0 Å². The van der Waals surface area contributed by atoms with Crippen LogP contribution in [0.5, 0.6) is 0 Å². The maximum absolute atomic E-state index is 12.2.